The van der Waals surface area contributed by atoms with E-state index >= 15 is 0 Å². The quantitative estimate of drug-likeness (QED) is 0.447. The molecule has 2 aromatic carbocycles. The van der Waals surface area contributed by atoms with Gasteiger partial charge in [0, 0.05) is 23.7 Å². The highest BCUT2D eigenvalue weighted by atomic mass is 32.1. The molecule has 0 atom stereocenters. The third-order valence-electron chi connectivity index (χ3n) is 5.08. The molecule has 0 aliphatic carbocycles. The van der Waals surface area contributed by atoms with Crippen LogP contribution in [0.5, 0.6) is 5.75 Å². The van der Waals surface area contributed by atoms with Gasteiger partial charge in [-0.1, -0.05) is 36.4 Å². The number of rotatable bonds is 6. The molecule has 2 aromatic heterocycles. The lowest BCUT2D eigenvalue weighted by Gasteiger charge is -2.18. The molecule has 0 radical (unpaired) electrons. The van der Waals surface area contributed by atoms with Gasteiger partial charge in [0.15, 0.2) is 6.61 Å². The predicted molar refractivity (Wildman–Crippen MR) is 130 cm³/mol. The summed E-state index contributed by atoms with van der Waals surface area (Å²) in [4.78, 5) is 21.7. The van der Waals surface area contributed by atoms with Crippen LogP contribution in [0.3, 0.4) is 0 Å². The van der Waals surface area contributed by atoms with Gasteiger partial charge in [-0.2, -0.15) is 5.10 Å². The van der Waals surface area contributed by atoms with E-state index in [0.717, 1.165) is 28.2 Å². The lowest BCUT2D eigenvalue weighted by Crippen LogP contribution is -2.25. The minimum absolute atomic E-state index is 0.0314. The second kappa shape index (κ2) is 9.62. The van der Waals surface area contributed by atoms with Crippen molar-refractivity contribution < 1.29 is 9.53 Å². The largest absolute Gasteiger partial charge is 0.482 e. The molecule has 4 aromatic rings. The highest BCUT2D eigenvalue weighted by Gasteiger charge is 2.17. The van der Waals surface area contributed by atoms with Crippen molar-refractivity contribution in [2.75, 3.05) is 18.5 Å². The average Bonchev–Trinajstić information content (AvgIpc) is 3.26. The molecule has 8 heteroatoms. The van der Waals surface area contributed by atoms with Crippen molar-refractivity contribution in [3.8, 4) is 17.0 Å². The third kappa shape index (κ3) is 4.91. The number of thiazole rings is 1. The maximum atomic E-state index is 11.8. The summed E-state index contributed by atoms with van der Waals surface area (Å²) >= 11 is 1.52. The molecule has 1 aliphatic rings. The molecule has 164 valence electrons. The molecule has 0 unspecified atom stereocenters. The minimum atomic E-state index is -0.164. The molecule has 7 nitrogen and oxygen atoms in total. The number of fused-ring (bicyclic) bond motifs is 1. The van der Waals surface area contributed by atoms with Crippen LogP contribution in [-0.2, 0) is 11.2 Å². The Morgan fingerprint density at radius 1 is 1.12 bits per heavy atom. The van der Waals surface area contributed by atoms with Gasteiger partial charge in [0.05, 0.1) is 23.3 Å². The van der Waals surface area contributed by atoms with Crippen LogP contribution >= 0.6 is 11.3 Å². The Hall–Kier alpha value is -4.04. The Balaban J connectivity index is 1.51. The van der Waals surface area contributed by atoms with Crippen molar-refractivity contribution >= 4 is 29.1 Å². The molecule has 0 fully saturated rings. The fourth-order valence-electron chi connectivity index (χ4n) is 3.45. The smallest absolute Gasteiger partial charge is 0.262 e. The van der Waals surface area contributed by atoms with E-state index < -0.39 is 0 Å². The summed E-state index contributed by atoms with van der Waals surface area (Å²) in [5.41, 5.74) is 4.42. The zero-order chi connectivity index (χ0) is 22.5. The first-order valence-corrected chi connectivity index (χ1v) is 11.4. The van der Waals surface area contributed by atoms with Gasteiger partial charge in [-0.3, -0.25) is 14.8 Å². The highest BCUT2D eigenvalue weighted by Crippen LogP contribution is 2.32. The number of anilines is 1. The number of benzene rings is 2. The van der Waals surface area contributed by atoms with Crippen LogP contribution in [0.4, 0.5) is 5.69 Å². The van der Waals surface area contributed by atoms with E-state index in [2.05, 4.69) is 22.4 Å². The summed E-state index contributed by atoms with van der Waals surface area (Å²) < 4.78 is 7.31. The standard InChI is InChI=1S/C25H21N5O2S/c31-24-16-32-23-10-9-19(14-21(23)29-24)22-17-33-25(27-13-11-18-6-2-1-3-7-18)30(22)28-15-20-8-4-5-12-26-20/h1-10,12,14-15,17H,11,13,16H2,(H,29,31). The van der Waals surface area contributed by atoms with Crippen molar-refractivity contribution in [2.45, 2.75) is 6.42 Å². The number of hydrogen-bond acceptors (Lipinski definition) is 6. The number of hydrogen-bond donors (Lipinski definition) is 1. The van der Waals surface area contributed by atoms with E-state index in [4.69, 9.17) is 14.8 Å². The van der Waals surface area contributed by atoms with Crippen molar-refractivity contribution in [1.29, 1.82) is 0 Å². The first-order chi connectivity index (χ1) is 16.3. The summed E-state index contributed by atoms with van der Waals surface area (Å²) in [5, 5.41) is 9.58. The van der Waals surface area contributed by atoms with Crippen LogP contribution in [-0.4, -0.2) is 34.9 Å². The molecule has 1 amide bonds. The van der Waals surface area contributed by atoms with E-state index in [1.807, 2.05) is 64.7 Å². The number of pyridine rings is 1. The predicted octanol–water partition coefficient (Wildman–Crippen LogP) is 3.97. The monoisotopic (exact) mass is 455 g/mol. The number of ether oxygens (including phenoxy) is 1. The van der Waals surface area contributed by atoms with E-state index in [1.165, 1.54) is 16.9 Å². The van der Waals surface area contributed by atoms with Gasteiger partial charge in [-0.15, -0.1) is 11.3 Å². The third-order valence-corrected chi connectivity index (χ3v) is 5.93. The highest BCUT2D eigenvalue weighted by molar-refractivity contribution is 7.07. The molecule has 0 saturated heterocycles. The molecule has 33 heavy (non-hydrogen) atoms. The fraction of sp³-hybridized carbons (Fsp3) is 0.120. The van der Waals surface area contributed by atoms with Gasteiger partial charge < -0.3 is 10.1 Å². The molecule has 0 saturated carbocycles. The molecular formula is C25H21N5O2S. The Labute approximate surface area is 194 Å². The van der Waals surface area contributed by atoms with E-state index in [-0.39, 0.29) is 12.5 Å². The lowest BCUT2D eigenvalue weighted by molar-refractivity contribution is -0.118. The van der Waals surface area contributed by atoms with Crippen molar-refractivity contribution in [3.05, 3.63) is 94.4 Å². The van der Waals surface area contributed by atoms with Gasteiger partial charge in [0.25, 0.3) is 5.91 Å². The normalized spacial score (nSPS) is 13.6. The summed E-state index contributed by atoms with van der Waals surface area (Å²) in [6, 6.07) is 21.7. The molecule has 1 N–H and O–H groups in total. The first kappa shape index (κ1) is 20.8. The number of carbonyl (C=O) groups excluding carboxylic acids is 1. The summed E-state index contributed by atoms with van der Waals surface area (Å²) in [6.45, 7) is 0.681. The molecule has 3 heterocycles. The number of nitrogens with zero attached hydrogens (tertiary/aromatic N) is 4. The summed E-state index contributed by atoms with van der Waals surface area (Å²) in [6.07, 6.45) is 4.30. The number of aromatic nitrogens is 2. The van der Waals surface area contributed by atoms with Crippen LogP contribution in [0.2, 0.25) is 0 Å². The van der Waals surface area contributed by atoms with Crippen LogP contribution < -0.4 is 14.9 Å². The van der Waals surface area contributed by atoms with Crippen LogP contribution in [0.25, 0.3) is 11.3 Å². The molecular weight excluding hydrogens is 434 g/mol. The Morgan fingerprint density at radius 2 is 2.00 bits per heavy atom. The average molecular weight is 456 g/mol. The van der Waals surface area contributed by atoms with Gasteiger partial charge in [-0.05, 0) is 42.3 Å². The van der Waals surface area contributed by atoms with Crippen molar-refractivity contribution in [2.24, 2.45) is 10.1 Å². The van der Waals surface area contributed by atoms with Gasteiger partial charge in [0.2, 0.25) is 4.80 Å². The van der Waals surface area contributed by atoms with E-state index in [1.54, 1.807) is 12.4 Å². The molecule has 1 aliphatic heterocycles. The zero-order valence-corrected chi connectivity index (χ0v) is 18.5. The number of carbonyl (C=O) groups is 1. The van der Waals surface area contributed by atoms with Crippen molar-refractivity contribution in [1.82, 2.24) is 9.66 Å². The SMILES string of the molecule is O=C1COc2ccc(-c3csc(=NCCc4ccccc4)n3N=Cc3ccccn3)cc2N1. The summed E-state index contributed by atoms with van der Waals surface area (Å²) in [5.74, 6) is 0.493. The summed E-state index contributed by atoms with van der Waals surface area (Å²) in [7, 11) is 0. The number of amides is 1. The maximum absolute atomic E-state index is 11.8. The minimum Gasteiger partial charge on any atom is -0.482 e. The lowest BCUT2D eigenvalue weighted by atomic mass is 10.1. The maximum Gasteiger partial charge on any atom is 0.262 e. The van der Waals surface area contributed by atoms with E-state index in [9.17, 15) is 4.79 Å². The van der Waals surface area contributed by atoms with E-state index in [0.29, 0.717) is 18.0 Å². The van der Waals surface area contributed by atoms with Gasteiger partial charge >= 0.3 is 0 Å². The van der Waals surface area contributed by atoms with Crippen LogP contribution in [0.15, 0.2) is 88.4 Å². The van der Waals surface area contributed by atoms with Gasteiger partial charge in [-0.25, -0.2) is 4.68 Å². The molecule has 0 bridgehead atoms. The fourth-order valence-corrected chi connectivity index (χ4v) is 4.32. The molecule has 0 spiro atoms. The number of nitrogens with one attached hydrogen (secondary N) is 1. The van der Waals surface area contributed by atoms with Crippen LogP contribution in [0.1, 0.15) is 11.3 Å². The van der Waals surface area contributed by atoms with Gasteiger partial charge in [0.1, 0.15) is 5.75 Å². The van der Waals surface area contributed by atoms with Crippen LogP contribution in [0, 0.1) is 0 Å². The second-order valence-corrected chi connectivity index (χ2v) is 8.22. The topological polar surface area (TPSA) is 80.9 Å². The Morgan fingerprint density at radius 3 is 2.85 bits per heavy atom. The Bertz CT molecular complexity index is 1360. The first-order valence-electron chi connectivity index (χ1n) is 10.5. The second-order valence-electron chi connectivity index (χ2n) is 7.38. The zero-order valence-electron chi connectivity index (χ0n) is 17.7. The molecule has 5 rings (SSSR count). The Kier molecular flexibility index (Phi) is 6.08. The van der Waals surface area contributed by atoms with Crippen molar-refractivity contribution in [3.63, 3.8) is 0 Å².